The molecule has 2 aromatic carbocycles. The molecule has 1 atom stereocenters. The van der Waals surface area contributed by atoms with Crippen molar-refractivity contribution in [3.63, 3.8) is 0 Å². The van der Waals surface area contributed by atoms with Gasteiger partial charge in [0.25, 0.3) is 0 Å². The molecule has 0 N–H and O–H groups in total. The number of benzene rings is 2. The van der Waals surface area contributed by atoms with E-state index in [4.69, 9.17) is 16.3 Å². The molecule has 0 aliphatic carbocycles. The van der Waals surface area contributed by atoms with Crippen LogP contribution < -0.4 is 0 Å². The first-order valence-electron chi connectivity index (χ1n) is 8.15. The largest absolute Gasteiger partial charge is 0.377 e. The Hall–Kier alpha value is -1.68. The summed E-state index contributed by atoms with van der Waals surface area (Å²) < 4.78 is 6.86. The summed E-state index contributed by atoms with van der Waals surface area (Å²) in [4.78, 5) is 4.50. The van der Waals surface area contributed by atoms with E-state index in [1.54, 1.807) is 7.11 Å². The van der Waals surface area contributed by atoms with E-state index in [1.165, 1.54) is 5.56 Å². The van der Waals surface area contributed by atoms with Crippen LogP contribution in [0.2, 0.25) is 5.02 Å². The second-order valence-corrected chi connectivity index (χ2v) is 7.19. The molecule has 0 radical (unpaired) electrons. The van der Waals surface area contributed by atoms with Crippen molar-refractivity contribution in [1.82, 2.24) is 4.98 Å². The Balaban J connectivity index is 1.87. The van der Waals surface area contributed by atoms with E-state index in [0.29, 0.717) is 0 Å². The quantitative estimate of drug-likeness (QED) is 0.458. The van der Waals surface area contributed by atoms with Crippen molar-refractivity contribution in [1.29, 1.82) is 0 Å². The number of halogens is 2. The van der Waals surface area contributed by atoms with E-state index in [2.05, 4.69) is 45.2 Å². The van der Waals surface area contributed by atoms with Crippen LogP contribution in [0.3, 0.4) is 0 Å². The summed E-state index contributed by atoms with van der Waals surface area (Å²) in [5.41, 5.74) is 4.45. The molecule has 3 aromatic rings. The van der Waals surface area contributed by atoms with Crippen molar-refractivity contribution in [2.45, 2.75) is 18.9 Å². The Morgan fingerprint density at radius 1 is 1.08 bits per heavy atom. The van der Waals surface area contributed by atoms with Gasteiger partial charge in [-0.1, -0.05) is 51.8 Å². The molecule has 0 saturated carbocycles. The van der Waals surface area contributed by atoms with Gasteiger partial charge in [-0.25, -0.2) is 0 Å². The van der Waals surface area contributed by atoms with Gasteiger partial charge in [-0.15, -0.1) is 0 Å². The summed E-state index contributed by atoms with van der Waals surface area (Å²) in [6.07, 6.45) is 3.61. The van der Waals surface area contributed by atoms with E-state index in [9.17, 15) is 0 Å². The third-order valence-corrected chi connectivity index (χ3v) is 4.94. The van der Waals surface area contributed by atoms with Gasteiger partial charge in [-0.3, -0.25) is 4.98 Å². The third-order valence-electron chi connectivity index (χ3n) is 4.19. The number of hydrogen-bond acceptors (Lipinski definition) is 2. The normalized spacial score (nSPS) is 12.1. The number of methoxy groups -OCH3 is 1. The zero-order valence-corrected chi connectivity index (χ0v) is 16.3. The summed E-state index contributed by atoms with van der Waals surface area (Å²) in [6.45, 7) is 0. The average molecular weight is 417 g/mol. The lowest BCUT2D eigenvalue weighted by molar-refractivity contribution is 0.0963. The van der Waals surface area contributed by atoms with Crippen LogP contribution in [0.15, 0.2) is 71.3 Å². The first kappa shape index (κ1) is 18.1. The van der Waals surface area contributed by atoms with Gasteiger partial charge in [0.05, 0.1) is 11.8 Å². The first-order valence-corrected chi connectivity index (χ1v) is 9.32. The van der Waals surface area contributed by atoms with Gasteiger partial charge in [0.1, 0.15) is 0 Å². The first-order chi connectivity index (χ1) is 12.2. The highest BCUT2D eigenvalue weighted by atomic mass is 79.9. The average Bonchev–Trinajstić information content (AvgIpc) is 2.64. The Morgan fingerprint density at radius 2 is 1.88 bits per heavy atom. The van der Waals surface area contributed by atoms with Crippen molar-refractivity contribution < 1.29 is 4.74 Å². The van der Waals surface area contributed by atoms with Gasteiger partial charge in [-0.2, -0.15) is 0 Å². The molecule has 0 saturated heterocycles. The van der Waals surface area contributed by atoms with Crippen molar-refractivity contribution in [2.75, 3.05) is 7.11 Å². The lowest BCUT2D eigenvalue weighted by Gasteiger charge is -2.20. The molecule has 128 valence electrons. The topological polar surface area (TPSA) is 22.1 Å². The van der Waals surface area contributed by atoms with Gasteiger partial charge >= 0.3 is 0 Å². The van der Waals surface area contributed by atoms with Crippen LogP contribution in [-0.4, -0.2) is 12.1 Å². The minimum atomic E-state index is -0.00909. The maximum Gasteiger partial charge on any atom is 0.0831 e. The maximum absolute atomic E-state index is 5.97. The van der Waals surface area contributed by atoms with Crippen LogP contribution in [0, 0.1) is 0 Å². The van der Waals surface area contributed by atoms with Gasteiger partial charge in [0, 0.05) is 28.4 Å². The Morgan fingerprint density at radius 3 is 2.56 bits per heavy atom. The SMILES string of the molecule is CO[C@@H](CCc1ccc(Cl)cc1)c1cc(Br)ccc1-c1ccccn1. The summed E-state index contributed by atoms with van der Waals surface area (Å²) in [5, 5.41) is 0.761. The van der Waals surface area contributed by atoms with Crippen LogP contribution in [0.4, 0.5) is 0 Å². The predicted molar refractivity (Wildman–Crippen MR) is 107 cm³/mol. The van der Waals surface area contributed by atoms with Gasteiger partial charge in [0.2, 0.25) is 0 Å². The molecule has 0 unspecified atom stereocenters. The fourth-order valence-electron chi connectivity index (χ4n) is 2.90. The van der Waals surface area contributed by atoms with Gasteiger partial charge in [-0.05, 0) is 60.4 Å². The van der Waals surface area contributed by atoms with Gasteiger partial charge in [0.15, 0.2) is 0 Å². The maximum atomic E-state index is 5.97. The molecule has 0 aliphatic rings. The zero-order chi connectivity index (χ0) is 17.6. The van der Waals surface area contributed by atoms with Crippen LogP contribution in [0.25, 0.3) is 11.3 Å². The summed E-state index contributed by atoms with van der Waals surface area (Å²) in [6, 6.07) is 20.2. The molecule has 1 aromatic heterocycles. The van der Waals surface area contributed by atoms with E-state index >= 15 is 0 Å². The molecule has 3 rings (SSSR count). The summed E-state index contributed by atoms with van der Waals surface area (Å²) in [5.74, 6) is 0. The molecule has 0 amide bonds. The van der Waals surface area contributed by atoms with E-state index in [-0.39, 0.29) is 6.10 Å². The molecule has 0 aliphatic heterocycles. The summed E-state index contributed by atoms with van der Waals surface area (Å²) in [7, 11) is 1.76. The number of hydrogen-bond donors (Lipinski definition) is 0. The highest BCUT2D eigenvalue weighted by molar-refractivity contribution is 9.10. The van der Waals surface area contributed by atoms with E-state index in [1.807, 2.05) is 42.6 Å². The molecule has 1 heterocycles. The molecule has 4 heteroatoms. The Labute approximate surface area is 162 Å². The molecule has 0 spiro atoms. The predicted octanol–water partition coefficient (Wildman–Crippen LogP) is 6.48. The standard InChI is InChI=1S/C21H19BrClNO/c1-25-21(12-7-15-5-9-17(23)10-6-15)19-14-16(22)8-11-18(19)20-4-2-3-13-24-20/h2-6,8-11,13-14,21H,7,12H2,1H3/t21-/m0/s1. The molecule has 0 bridgehead atoms. The molecule has 25 heavy (non-hydrogen) atoms. The van der Waals surface area contributed by atoms with Crippen molar-refractivity contribution in [3.05, 3.63) is 87.5 Å². The molecular weight excluding hydrogens is 398 g/mol. The third kappa shape index (κ3) is 4.69. The fraction of sp³-hybridized carbons (Fsp3) is 0.190. The number of pyridine rings is 1. The lowest BCUT2D eigenvalue weighted by atomic mass is 9.95. The Kier molecular flexibility index (Phi) is 6.24. The highest BCUT2D eigenvalue weighted by Crippen LogP contribution is 2.33. The summed E-state index contributed by atoms with van der Waals surface area (Å²) >= 11 is 9.55. The second kappa shape index (κ2) is 8.61. The number of nitrogens with zero attached hydrogens (tertiary/aromatic N) is 1. The molecule has 2 nitrogen and oxygen atoms in total. The van der Waals surface area contributed by atoms with Crippen molar-refractivity contribution >= 4 is 27.5 Å². The van der Waals surface area contributed by atoms with Crippen molar-refractivity contribution in [3.8, 4) is 11.3 Å². The van der Waals surface area contributed by atoms with Crippen LogP contribution in [0.1, 0.15) is 23.7 Å². The smallest absolute Gasteiger partial charge is 0.0831 e. The molecule has 0 fully saturated rings. The van der Waals surface area contributed by atoms with Crippen LogP contribution in [0.5, 0.6) is 0 Å². The van der Waals surface area contributed by atoms with Gasteiger partial charge < -0.3 is 4.74 Å². The molecular formula is C21H19BrClNO. The number of rotatable bonds is 6. The highest BCUT2D eigenvalue weighted by Gasteiger charge is 2.17. The lowest BCUT2D eigenvalue weighted by Crippen LogP contribution is -2.06. The van der Waals surface area contributed by atoms with Crippen LogP contribution in [-0.2, 0) is 11.2 Å². The fourth-order valence-corrected chi connectivity index (χ4v) is 3.41. The Bertz CT molecular complexity index is 821. The zero-order valence-electron chi connectivity index (χ0n) is 14.0. The minimum absolute atomic E-state index is 0.00909. The van der Waals surface area contributed by atoms with Crippen molar-refractivity contribution in [2.24, 2.45) is 0 Å². The van der Waals surface area contributed by atoms with Crippen LogP contribution >= 0.6 is 27.5 Å². The minimum Gasteiger partial charge on any atom is -0.377 e. The van der Waals surface area contributed by atoms with E-state index < -0.39 is 0 Å². The monoisotopic (exact) mass is 415 g/mol. The number of aryl methyl sites for hydroxylation is 1. The number of aromatic nitrogens is 1. The number of ether oxygens (including phenoxy) is 1. The van der Waals surface area contributed by atoms with E-state index in [0.717, 1.165) is 39.2 Å². The second-order valence-electron chi connectivity index (χ2n) is 5.84.